The van der Waals surface area contributed by atoms with Crippen LogP contribution in [0, 0.1) is 6.92 Å². The van der Waals surface area contributed by atoms with Crippen molar-refractivity contribution in [2.24, 2.45) is 0 Å². The van der Waals surface area contributed by atoms with Crippen molar-refractivity contribution in [3.8, 4) is 5.13 Å². The van der Waals surface area contributed by atoms with Gasteiger partial charge in [-0.25, -0.2) is 4.98 Å². The molecular formula is C13H10N2OS. The number of hydrogen-bond acceptors (Lipinski definition) is 3. The van der Waals surface area contributed by atoms with Crippen molar-refractivity contribution in [2.75, 3.05) is 0 Å². The summed E-state index contributed by atoms with van der Waals surface area (Å²) in [5.74, 6) is 0. The van der Waals surface area contributed by atoms with Gasteiger partial charge in [-0.15, -0.1) is 0 Å². The second-order valence-corrected chi connectivity index (χ2v) is 4.83. The number of fused-ring (bicyclic) bond motifs is 1. The minimum absolute atomic E-state index is 0.640. The van der Waals surface area contributed by atoms with E-state index in [9.17, 15) is 4.79 Å². The maximum atomic E-state index is 11.0. The van der Waals surface area contributed by atoms with E-state index in [0.717, 1.165) is 27.3 Å². The van der Waals surface area contributed by atoms with Gasteiger partial charge in [0, 0.05) is 5.69 Å². The highest BCUT2D eigenvalue weighted by Gasteiger charge is 2.10. The van der Waals surface area contributed by atoms with Gasteiger partial charge in [-0.1, -0.05) is 23.5 Å². The minimum Gasteiger partial charge on any atom is -0.296 e. The Kier molecular flexibility index (Phi) is 2.30. The van der Waals surface area contributed by atoms with Crippen LogP contribution in [-0.2, 0) is 0 Å². The summed E-state index contributed by atoms with van der Waals surface area (Å²) in [6.45, 7) is 1.97. The van der Waals surface area contributed by atoms with Crippen molar-refractivity contribution in [3.63, 3.8) is 0 Å². The number of aldehydes is 1. The molecule has 0 unspecified atom stereocenters. The summed E-state index contributed by atoms with van der Waals surface area (Å²) in [6.07, 6.45) is 0.860. The molecule has 0 aliphatic heterocycles. The van der Waals surface area contributed by atoms with Crippen molar-refractivity contribution in [1.82, 2.24) is 9.55 Å². The predicted molar refractivity (Wildman–Crippen MR) is 69.1 cm³/mol. The smallest absolute Gasteiger partial charge is 0.195 e. The summed E-state index contributed by atoms with van der Waals surface area (Å²) < 4.78 is 3.02. The Labute approximate surface area is 102 Å². The molecule has 0 radical (unpaired) electrons. The molecule has 0 spiro atoms. The Morgan fingerprint density at radius 1 is 1.24 bits per heavy atom. The monoisotopic (exact) mass is 242 g/mol. The van der Waals surface area contributed by atoms with Crippen LogP contribution in [0.25, 0.3) is 15.3 Å². The van der Waals surface area contributed by atoms with E-state index in [1.807, 2.05) is 47.9 Å². The SMILES string of the molecule is Cc1ccc(C=O)n1-c1nc2ccccc2s1. The predicted octanol–water partition coefficient (Wildman–Crippen LogP) is 3.21. The van der Waals surface area contributed by atoms with Crippen LogP contribution < -0.4 is 0 Å². The van der Waals surface area contributed by atoms with E-state index in [1.54, 1.807) is 11.3 Å². The molecule has 0 fully saturated rings. The van der Waals surface area contributed by atoms with Crippen LogP contribution in [0.5, 0.6) is 0 Å². The zero-order valence-electron chi connectivity index (χ0n) is 9.25. The number of aromatic nitrogens is 2. The molecule has 0 atom stereocenters. The molecule has 17 heavy (non-hydrogen) atoms. The van der Waals surface area contributed by atoms with Gasteiger partial charge in [0.2, 0.25) is 0 Å². The highest BCUT2D eigenvalue weighted by atomic mass is 32.1. The first-order valence-corrected chi connectivity index (χ1v) is 6.11. The lowest BCUT2D eigenvalue weighted by molar-refractivity contribution is 0.111. The number of para-hydroxylation sites is 1. The van der Waals surface area contributed by atoms with Crippen LogP contribution in [-0.4, -0.2) is 15.8 Å². The third-order valence-corrected chi connectivity index (χ3v) is 3.72. The van der Waals surface area contributed by atoms with Crippen LogP contribution in [0.3, 0.4) is 0 Å². The third kappa shape index (κ3) is 1.57. The summed E-state index contributed by atoms with van der Waals surface area (Å²) in [6, 6.07) is 11.7. The van der Waals surface area contributed by atoms with Gasteiger partial charge in [0.05, 0.1) is 15.9 Å². The number of rotatable bonds is 2. The molecular weight excluding hydrogens is 232 g/mol. The summed E-state index contributed by atoms with van der Waals surface area (Å²) in [4.78, 5) is 15.5. The van der Waals surface area contributed by atoms with Gasteiger partial charge in [-0.05, 0) is 31.2 Å². The standard InChI is InChI=1S/C13H10N2OS/c1-9-6-7-10(8-16)15(9)13-14-11-4-2-3-5-12(11)17-13/h2-8H,1H3. The topological polar surface area (TPSA) is 34.9 Å². The van der Waals surface area contributed by atoms with Gasteiger partial charge in [-0.2, -0.15) is 0 Å². The van der Waals surface area contributed by atoms with Gasteiger partial charge < -0.3 is 0 Å². The fraction of sp³-hybridized carbons (Fsp3) is 0.0769. The molecule has 2 aromatic heterocycles. The van der Waals surface area contributed by atoms with Crippen LogP contribution in [0.2, 0.25) is 0 Å². The molecule has 84 valence electrons. The molecule has 1 aromatic carbocycles. The van der Waals surface area contributed by atoms with Crippen LogP contribution in [0.15, 0.2) is 36.4 Å². The van der Waals surface area contributed by atoms with E-state index in [-0.39, 0.29) is 0 Å². The molecule has 0 bridgehead atoms. The van der Waals surface area contributed by atoms with Crippen molar-refractivity contribution in [3.05, 3.63) is 47.8 Å². The third-order valence-electron chi connectivity index (χ3n) is 2.70. The van der Waals surface area contributed by atoms with Crippen LogP contribution >= 0.6 is 11.3 Å². The molecule has 0 saturated carbocycles. The molecule has 3 aromatic rings. The lowest BCUT2D eigenvalue weighted by atomic mass is 10.3. The number of nitrogens with zero attached hydrogens (tertiary/aromatic N) is 2. The van der Waals surface area contributed by atoms with Crippen LogP contribution in [0.1, 0.15) is 16.2 Å². The Bertz CT molecular complexity index is 663. The zero-order chi connectivity index (χ0) is 11.8. The van der Waals surface area contributed by atoms with Crippen molar-refractivity contribution >= 4 is 27.8 Å². The molecule has 0 aliphatic carbocycles. The molecule has 0 saturated heterocycles. The fourth-order valence-corrected chi connectivity index (χ4v) is 2.91. The van der Waals surface area contributed by atoms with E-state index >= 15 is 0 Å². The molecule has 0 aliphatic rings. The molecule has 3 nitrogen and oxygen atoms in total. The zero-order valence-corrected chi connectivity index (χ0v) is 10.1. The first-order chi connectivity index (χ1) is 8.29. The van der Waals surface area contributed by atoms with Crippen molar-refractivity contribution < 1.29 is 4.79 Å². The molecule has 0 amide bonds. The van der Waals surface area contributed by atoms with E-state index in [4.69, 9.17) is 0 Å². The Morgan fingerprint density at radius 2 is 2.06 bits per heavy atom. The number of carbonyl (C=O) groups excluding carboxylic acids is 1. The Balaban J connectivity index is 2.26. The molecule has 4 heteroatoms. The number of carbonyl (C=O) groups is 1. The maximum absolute atomic E-state index is 11.0. The lowest BCUT2D eigenvalue weighted by Gasteiger charge is -2.02. The normalized spacial score (nSPS) is 10.9. The largest absolute Gasteiger partial charge is 0.296 e. The van der Waals surface area contributed by atoms with E-state index in [2.05, 4.69) is 4.98 Å². The Hall–Kier alpha value is -1.94. The highest BCUT2D eigenvalue weighted by molar-refractivity contribution is 7.20. The first-order valence-electron chi connectivity index (χ1n) is 5.29. The van der Waals surface area contributed by atoms with Crippen LogP contribution in [0.4, 0.5) is 0 Å². The van der Waals surface area contributed by atoms with Gasteiger partial charge in [-0.3, -0.25) is 9.36 Å². The quantitative estimate of drug-likeness (QED) is 0.647. The van der Waals surface area contributed by atoms with Gasteiger partial charge in [0.25, 0.3) is 0 Å². The molecule has 2 heterocycles. The van der Waals surface area contributed by atoms with Crippen molar-refractivity contribution in [2.45, 2.75) is 6.92 Å². The molecule has 0 N–H and O–H groups in total. The van der Waals surface area contributed by atoms with E-state index in [1.165, 1.54) is 0 Å². The maximum Gasteiger partial charge on any atom is 0.195 e. The fourth-order valence-electron chi connectivity index (χ4n) is 1.87. The van der Waals surface area contributed by atoms with E-state index < -0.39 is 0 Å². The number of aryl methyl sites for hydroxylation is 1. The Morgan fingerprint density at radius 3 is 2.82 bits per heavy atom. The van der Waals surface area contributed by atoms with Gasteiger partial charge in [0.15, 0.2) is 11.4 Å². The average molecular weight is 242 g/mol. The second-order valence-electron chi connectivity index (χ2n) is 3.82. The second kappa shape index (κ2) is 3.82. The number of hydrogen-bond donors (Lipinski definition) is 0. The average Bonchev–Trinajstić information content (AvgIpc) is 2.91. The number of thiazole rings is 1. The summed E-state index contributed by atoms with van der Waals surface area (Å²) in [7, 11) is 0. The summed E-state index contributed by atoms with van der Waals surface area (Å²) in [5, 5.41) is 0.843. The van der Waals surface area contributed by atoms with Gasteiger partial charge in [0.1, 0.15) is 0 Å². The summed E-state index contributed by atoms with van der Waals surface area (Å²) >= 11 is 1.59. The summed E-state index contributed by atoms with van der Waals surface area (Å²) in [5.41, 5.74) is 2.63. The highest BCUT2D eigenvalue weighted by Crippen LogP contribution is 2.26. The van der Waals surface area contributed by atoms with Gasteiger partial charge >= 0.3 is 0 Å². The number of benzene rings is 1. The lowest BCUT2D eigenvalue weighted by Crippen LogP contribution is -1.99. The minimum atomic E-state index is 0.640. The molecule has 3 rings (SSSR count). The van der Waals surface area contributed by atoms with E-state index in [0.29, 0.717) is 5.69 Å². The first kappa shape index (κ1) is 10.2. The van der Waals surface area contributed by atoms with Crippen molar-refractivity contribution in [1.29, 1.82) is 0 Å².